The van der Waals surface area contributed by atoms with Crippen LogP contribution in [-0.2, 0) is 4.74 Å². The molecule has 0 saturated carbocycles. The molecule has 0 aliphatic heterocycles. The summed E-state index contributed by atoms with van der Waals surface area (Å²) in [5.74, 6) is 1.38. The van der Waals surface area contributed by atoms with E-state index in [1.165, 1.54) is 6.33 Å². The Hall–Kier alpha value is -1.56. The molecule has 112 valence electrons. The van der Waals surface area contributed by atoms with E-state index in [2.05, 4.69) is 20.6 Å². The number of nitrogens with one attached hydrogen (secondary N) is 2. The van der Waals surface area contributed by atoms with E-state index in [1.54, 1.807) is 13.2 Å². The van der Waals surface area contributed by atoms with Crippen molar-refractivity contribution in [1.29, 1.82) is 0 Å². The van der Waals surface area contributed by atoms with Crippen LogP contribution in [-0.4, -0.2) is 30.2 Å². The van der Waals surface area contributed by atoms with Crippen molar-refractivity contribution in [1.82, 2.24) is 9.97 Å². The van der Waals surface area contributed by atoms with Crippen LogP contribution in [0.2, 0.25) is 10.0 Å². The van der Waals surface area contributed by atoms with E-state index >= 15 is 0 Å². The number of hydrogen-bond donors (Lipinski definition) is 2. The van der Waals surface area contributed by atoms with Crippen LogP contribution in [0, 0.1) is 0 Å². The molecule has 0 unspecified atom stereocenters. The fraction of sp³-hybridized carbons (Fsp3) is 0.286. The Balaban J connectivity index is 2.02. The highest BCUT2D eigenvalue weighted by atomic mass is 35.5. The molecule has 1 aromatic heterocycles. The van der Waals surface area contributed by atoms with Crippen LogP contribution in [0.5, 0.6) is 0 Å². The maximum atomic E-state index is 6.13. The molecule has 0 amide bonds. The number of hydrogen-bond acceptors (Lipinski definition) is 5. The predicted octanol–water partition coefficient (Wildman–Crippen LogP) is 3.98. The van der Waals surface area contributed by atoms with Gasteiger partial charge in [-0.2, -0.15) is 0 Å². The molecule has 2 N–H and O–H groups in total. The normalized spacial score (nSPS) is 10.4. The number of methoxy groups -OCH3 is 1. The molecule has 2 rings (SSSR count). The van der Waals surface area contributed by atoms with E-state index in [0.717, 1.165) is 18.8 Å². The largest absolute Gasteiger partial charge is 0.385 e. The van der Waals surface area contributed by atoms with Crippen molar-refractivity contribution in [3.05, 3.63) is 40.6 Å². The van der Waals surface area contributed by atoms with Crippen molar-refractivity contribution in [3.63, 3.8) is 0 Å². The zero-order valence-corrected chi connectivity index (χ0v) is 13.1. The molecule has 21 heavy (non-hydrogen) atoms. The molecule has 5 nitrogen and oxygen atoms in total. The monoisotopic (exact) mass is 326 g/mol. The summed E-state index contributed by atoms with van der Waals surface area (Å²) in [6.07, 6.45) is 2.39. The highest BCUT2D eigenvalue weighted by molar-refractivity contribution is 6.43. The Kier molecular flexibility index (Phi) is 6.04. The SMILES string of the molecule is COCCCNc1cc(Nc2cccc(Cl)c2Cl)ncn1. The number of halogens is 2. The van der Waals surface area contributed by atoms with Gasteiger partial charge in [0.05, 0.1) is 15.7 Å². The fourth-order valence-electron chi connectivity index (χ4n) is 1.69. The van der Waals surface area contributed by atoms with Crippen molar-refractivity contribution >= 4 is 40.5 Å². The molecular weight excluding hydrogens is 311 g/mol. The van der Waals surface area contributed by atoms with E-state index in [4.69, 9.17) is 27.9 Å². The van der Waals surface area contributed by atoms with Gasteiger partial charge in [-0.15, -0.1) is 0 Å². The molecule has 0 aliphatic carbocycles. The Morgan fingerprint density at radius 2 is 2.00 bits per heavy atom. The number of anilines is 3. The second-order valence-electron chi connectivity index (χ2n) is 4.29. The second-order valence-corrected chi connectivity index (χ2v) is 5.07. The first kappa shape index (κ1) is 15.8. The average Bonchev–Trinajstić information content (AvgIpc) is 2.49. The molecule has 0 bridgehead atoms. The number of benzene rings is 1. The summed E-state index contributed by atoms with van der Waals surface area (Å²) >= 11 is 12.1. The highest BCUT2D eigenvalue weighted by Crippen LogP contribution is 2.31. The van der Waals surface area contributed by atoms with Gasteiger partial charge in [0.25, 0.3) is 0 Å². The molecular formula is C14H16Cl2N4O. The minimum atomic E-state index is 0.465. The summed E-state index contributed by atoms with van der Waals surface area (Å²) in [7, 11) is 1.68. The summed E-state index contributed by atoms with van der Waals surface area (Å²) in [4.78, 5) is 8.32. The number of aromatic nitrogens is 2. The van der Waals surface area contributed by atoms with E-state index < -0.39 is 0 Å². The third-order valence-corrected chi connectivity index (χ3v) is 3.53. The molecule has 1 heterocycles. The van der Waals surface area contributed by atoms with Gasteiger partial charge in [0.15, 0.2) is 0 Å². The first-order chi connectivity index (χ1) is 10.2. The van der Waals surface area contributed by atoms with Crippen molar-refractivity contribution in [2.45, 2.75) is 6.42 Å². The van der Waals surface area contributed by atoms with Crippen LogP contribution < -0.4 is 10.6 Å². The molecule has 2 aromatic rings. The number of ether oxygens (including phenoxy) is 1. The zero-order chi connectivity index (χ0) is 15.1. The minimum absolute atomic E-state index is 0.465. The van der Waals surface area contributed by atoms with E-state index in [0.29, 0.717) is 28.2 Å². The van der Waals surface area contributed by atoms with Gasteiger partial charge in [-0.1, -0.05) is 29.3 Å². The summed E-state index contributed by atoms with van der Waals surface area (Å²) in [5.41, 5.74) is 0.702. The summed E-state index contributed by atoms with van der Waals surface area (Å²) in [5, 5.41) is 7.28. The summed E-state index contributed by atoms with van der Waals surface area (Å²) in [6, 6.07) is 7.20. The van der Waals surface area contributed by atoms with Crippen LogP contribution in [0.3, 0.4) is 0 Å². The Bertz CT molecular complexity index is 595. The molecule has 0 spiro atoms. The average molecular weight is 327 g/mol. The van der Waals surface area contributed by atoms with Crippen molar-refractivity contribution < 1.29 is 4.74 Å². The lowest BCUT2D eigenvalue weighted by Gasteiger charge is -2.10. The first-order valence-electron chi connectivity index (χ1n) is 6.46. The molecule has 0 fully saturated rings. The van der Waals surface area contributed by atoms with Crippen molar-refractivity contribution in [2.24, 2.45) is 0 Å². The smallest absolute Gasteiger partial charge is 0.135 e. The quantitative estimate of drug-likeness (QED) is 0.754. The van der Waals surface area contributed by atoms with Gasteiger partial charge >= 0.3 is 0 Å². The number of rotatable bonds is 7. The van der Waals surface area contributed by atoms with Gasteiger partial charge in [0.1, 0.15) is 18.0 Å². The Labute approximate surface area is 133 Å². The third kappa shape index (κ3) is 4.74. The van der Waals surface area contributed by atoms with Gasteiger partial charge < -0.3 is 15.4 Å². The molecule has 0 saturated heterocycles. The summed E-state index contributed by atoms with van der Waals surface area (Å²) in [6.45, 7) is 1.49. The Morgan fingerprint density at radius 1 is 1.19 bits per heavy atom. The van der Waals surface area contributed by atoms with Gasteiger partial charge in [0.2, 0.25) is 0 Å². The number of nitrogens with zero attached hydrogens (tertiary/aromatic N) is 2. The third-order valence-electron chi connectivity index (χ3n) is 2.71. The van der Waals surface area contributed by atoms with Crippen LogP contribution >= 0.6 is 23.2 Å². The standard InChI is InChI=1S/C14H16Cl2N4O/c1-21-7-3-6-17-12-8-13(19-9-18-12)20-11-5-2-4-10(15)14(11)16/h2,4-5,8-9H,3,6-7H2,1H3,(H2,17,18,19,20). The van der Waals surface area contributed by atoms with Crippen molar-refractivity contribution in [3.8, 4) is 0 Å². The maximum absolute atomic E-state index is 6.13. The lowest BCUT2D eigenvalue weighted by Crippen LogP contribution is -2.06. The van der Waals surface area contributed by atoms with Crippen LogP contribution in [0.25, 0.3) is 0 Å². The van der Waals surface area contributed by atoms with Gasteiger partial charge in [-0.05, 0) is 18.6 Å². The van der Waals surface area contributed by atoms with Gasteiger partial charge in [-0.25, -0.2) is 9.97 Å². The molecule has 0 aliphatic rings. The summed E-state index contributed by atoms with van der Waals surface area (Å²) < 4.78 is 4.99. The van der Waals surface area contributed by atoms with E-state index in [-0.39, 0.29) is 0 Å². The lowest BCUT2D eigenvalue weighted by molar-refractivity contribution is 0.198. The predicted molar refractivity (Wildman–Crippen MR) is 86.8 cm³/mol. The molecule has 0 atom stereocenters. The van der Waals surface area contributed by atoms with Crippen molar-refractivity contribution in [2.75, 3.05) is 30.9 Å². The fourth-order valence-corrected chi connectivity index (χ4v) is 2.04. The van der Waals surface area contributed by atoms with Crippen LogP contribution in [0.1, 0.15) is 6.42 Å². The molecule has 1 aromatic carbocycles. The first-order valence-corrected chi connectivity index (χ1v) is 7.22. The van der Waals surface area contributed by atoms with E-state index in [9.17, 15) is 0 Å². The molecule has 7 heteroatoms. The van der Waals surface area contributed by atoms with Gasteiger partial charge in [-0.3, -0.25) is 0 Å². The topological polar surface area (TPSA) is 59.1 Å². The molecule has 0 radical (unpaired) electrons. The highest BCUT2D eigenvalue weighted by Gasteiger charge is 2.05. The Morgan fingerprint density at radius 3 is 2.81 bits per heavy atom. The lowest BCUT2D eigenvalue weighted by atomic mass is 10.3. The minimum Gasteiger partial charge on any atom is -0.385 e. The van der Waals surface area contributed by atoms with Crippen LogP contribution in [0.4, 0.5) is 17.3 Å². The second kappa shape index (κ2) is 8.02. The zero-order valence-electron chi connectivity index (χ0n) is 11.6. The maximum Gasteiger partial charge on any atom is 0.135 e. The van der Waals surface area contributed by atoms with E-state index in [1.807, 2.05) is 18.2 Å². The van der Waals surface area contributed by atoms with Crippen LogP contribution in [0.15, 0.2) is 30.6 Å². The van der Waals surface area contributed by atoms with Gasteiger partial charge in [0, 0.05) is 26.3 Å².